The highest BCUT2D eigenvalue weighted by Gasteiger charge is 2.14. The number of aromatic nitrogens is 1. The Bertz CT molecular complexity index is 618. The summed E-state index contributed by atoms with van der Waals surface area (Å²) in [5, 5.41) is 0. The van der Waals surface area contributed by atoms with E-state index in [-0.39, 0.29) is 5.91 Å². The minimum atomic E-state index is -0.0673. The van der Waals surface area contributed by atoms with Gasteiger partial charge in [-0.25, -0.2) is 4.98 Å². The molecule has 1 heterocycles. The number of carbonyl (C=O) groups is 1. The van der Waals surface area contributed by atoms with Crippen molar-refractivity contribution in [3.63, 3.8) is 0 Å². The van der Waals surface area contributed by atoms with Crippen molar-refractivity contribution in [2.45, 2.75) is 6.92 Å². The number of oxazole rings is 1. The Morgan fingerprint density at radius 1 is 1.37 bits per heavy atom. The first-order chi connectivity index (χ1) is 9.15. The van der Waals surface area contributed by atoms with E-state index in [1.54, 1.807) is 42.2 Å². The van der Waals surface area contributed by atoms with E-state index in [0.717, 1.165) is 0 Å². The maximum absolute atomic E-state index is 12.3. The number of carbonyl (C=O) groups excluding carboxylic acids is 1. The highest BCUT2D eigenvalue weighted by molar-refractivity contribution is 5.97. The van der Waals surface area contributed by atoms with Crippen LogP contribution < -0.4 is 0 Å². The Morgan fingerprint density at radius 3 is 2.68 bits per heavy atom. The maximum Gasteiger partial charge on any atom is 0.254 e. The molecule has 98 valence electrons. The third kappa shape index (κ3) is 2.73. The minimum absolute atomic E-state index is 0.0673. The fourth-order valence-corrected chi connectivity index (χ4v) is 1.91. The Labute approximate surface area is 112 Å². The van der Waals surface area contributed by atoms with Crippen molar-refractivity contribution in [3.05, 3.63) is 55.0 Å². The fourth-order valence-electron chi connectivity index (χ4n) is 1.91. The van der Waals surface area contributed by atoms with Gasteiger partial charge in [0.25, 0.3) is 5.91 Å². The highest BCUT2D eigenvalue weighted by Crippen LogP contribution is 2.17. The molecule has 4 heteroatoms. The van der Waals surface area contributed by atoms with Crippen molar-refractivity contribution in [2.75, 3.05) is 13.1 Å². The summed E-state index contributed by atoms with van der Waals surface area (Å²) < 4.78 is 5.39. The van der Waals surface area contributed by atoms with Crippen molar-refractivity contribution in [1.29, 1.82) is 0 Å². The molecule has 0 spiro atoms. The lowest BCUT2D eigenvalue weighted by molar-refractivity contribution is 0.0791. The van der Waals surface area contributed by atoms with Crippen molar-refractivity contribution < 1.29 is 9.21 Å². The average Bonchev–Trinajstić information content (AvgIpc) is 2.76. The predicted molar refractivity (Wildman–Crippen MR) is 75.0 cm³/mol. The molecule has 0 fully saturated rings. The van der Waals surface area contributed by atoms with Gasteiger partial charge < -0.3 is 9.32 Å². The van der Waals surface area contributed by atoms with E-state index in [0.29, 0.717) is 35.6 Å². The van der Waals surface area contributed by atoms with Gasteiger partial charge in [-0.2, -0.15) is 0 Å². The van der Waals surface area contributed by atoms with E-state index in [9.17, 15) is 4.79 Å². The van der Waals surface area contributed by atoms with Crippen LogP contribution in [0.5, 0.6) is 0 Å². The monoisotopic (exact) mass is 256 g/mol. The standard InChI is InChI=1S/C15H16N2O2/c1-4-8-17(9-5-2)15(18)12-6-7-14-13(10-12)16-11(3)19-14/h4-7,10H,1-2,8-9H2,3H3. The number of nitrogens with zero attached hydrogens (tertiary/aromatic N) is 2. The highest BCUT2D eigenvalue weighted by atomic mass is 16.3. The molecule has 4 nitrogen and oxygen atoms in total. The number of aryl methyl sites for hydroxylation is 1. The Morgan fingerprint density at radius 2 is 2.05 bits per heavy atom. The molecule has 0 saturated carbocycles. The van der Waals surface area contributed by atoms with Crippen LogP contribution in [0.15, 0.2) is 47.9 Å². The van der Waals surface area contributed by atoms with Crippen LogP contribution in [-0.2, 0) is 0 Å². The number of benzene rings is 1. The molecular weight excluding hydrogens is 240 g/mol. The lowest BCUT2D eigenvalue weighted by Crippen LogP contribution is -2.31. The number of rotatable bonds is 5. The number of fused-ring (bicyclic) bond motifs is 1. The number of hydrogen-bond donors (Lipinski definition) is 0. The molecule has 0 bridgehead atoms. The smallest absolute Gasteiger partial charge is 0.254 e. The van der Waals surface area contributed by atoms with Crippen LogP contribution in [0.4, 0.5) is 0 Å². The van der Waals surface area contributed by atoms with Gasteiger partial charge in [-0.05, 0) is 18.2 Å². The van der Waals surface area contributed by atoms with Gasteiger partial charge in [0, 0.05) is 25.6 Å². The summed E-state index contributed by atoms with van der Waals surface area (Å²) in [6.07, 6.45) is 3.39. The molecule has 0 radical (unpaired) electrons. The van der Waals surface area contributed by atoms with Gasteiger partial charge >= 0.3 is 0 Å². The summed E-state index contributed by atoms with van der Waals surface area (Å²) in [5.41, 5.74) is 1.97. The third-order valence-corrected chi connectivity index (χ3v) is 2.73. The molecule has 0 unspecified atom stereocenters. The summed E-state index contributed by atoms with van der Waals surface area (Å²) in [7, 11) is 0. The lowest BCUT2D eigenvalue weighted by Gasteiger charge is -2.19. The predicted octanol–water partition coefficient (Wildman–Crippen LogP) is 2.95. The molecule has 1 amide bonds. The molecule has 1 aromatic heterocycles. The van der Waals surface area contributed by atoms with E-state index in [1.165, 1.54) is 0 Å². The summed E-state index contributed by atoms with van der Waals surface area (Å²) in [5.74, 6) is 0.524. The van der Waals surface area contributed by atoms with Crippen LogP contribution in [0.2, 0.25) is 0 Å². The second kappa shape index (κ2) is 5.52. The molecule has 0 aliphatic carbocycles. The van der Waals surface area contributed by atoms with Crippen LogP contribution in [0, 0.1) is 6.92 Å². The second-order valence-electron chi connectivity index (χ2n) is 4.20. The van der Waals surface area contributed by atoms with Crippen molar-refractivity contribution >= 4 is 17.0 Å². The zero-order chi connectivity index (χ0) is 13.8. The van der Waals surface area contributed by atoms with Gasteiger partial charge in [0.05, 0.1) is 0 Å². The summed E-state index contributed by atoms with van der Waals surface area (Å²) in [6.45, 7) is 10.1. The Balaban J connectivity index is 2.33. The van der Waals surface area contributed by atoms with Crippen molar-refractivity contribution in [1.82, 2.24) is 9.88 Å². The first-order valence-electron chi connectivity index (χ1n) is 6.04. The largest absolute Gasteiger partial charge is 0.441 e. The van der Waals surface area contributed by atoms with Gasteiger partial charge in [-0.15, -0.1) is 13.2 Å². The zero-order valence-corrected chi connectivity index (χ0v) is 10.9. The van der Waals surface area contributed by atoms with Gasteiger partial charge in [-0.1, -0.05) is 12.2 Å². The fraction of sp³-hybridized carbons (Fsp3) is 0.200. The van der Waals surface area contributed by atoms with Crippen molar-refractivity contribution in [2.24, 2.45) is 0 Å². The van der Waals surface area contributed by atoms with Crippen LogP contribution in [0.25, 0.3) is 11.1 Å². The van der Waals surface area contributed by atoms with E-state index in [1.807, 2.05) is 0 Å². The van der Waals surface area contributed by atoms with Gasteiger partial charge in [-0.3, -0.25) is 4.79 Å². The molecule has 19 heavy (non-hydrogen) atoms. The van der Waals surface area contributed by atoms with Gasteiger partial charge in [0.15, 0.2) is 11.5 Å². The zero-order valence-electron chi connectivity index (χ0n) is 10.9. The normalized spacial score (nSPS) is 10.4. The molecule has 0 aliphatic rings. The van der Waals surface area contributed by atoms with E-state index < -0.39 is 0 Å². The van der Waals surface area contributed by atoms with Crippen LogP contribution in [0.1, 0.15) is 16.2 Å². The Hall–Kier alpha value is -2.36. The molecular formula is C15H16N2O2. The molecule has 2 aromatic rings. The summed E-state index contributed by atoms with van der Waals surface area (Å²) in [4.78, 5) is 18.2. The first-order valence-corrected chi connectivity index (χ1v) is 6.04. The average molecular weight is 256 g/mol. The lowest BCUT2D eigenvalue weighted by atomic mass is 10.1. The van der Waals surface area contributed by atoms with E-state index in [4.69, 9.17) is 4.42 Å². The molecule has 2 rings (SSSR count). The summed E-state index contributed by atoms with van der Waals surface area (Å²) in [6, 6.07) is 5.25. The SMILES string of the molecule is C=CCN(CC=C)C(=O)c1ccc2oc(C)nc2c1. The minimum Gasteiger partial charge on any atom is -0.441 e. The summed E-state index contributed by atoms with van der Waals surface area (Å²) >= 11 is 0. The van der Waals surface area contributed by atoms with Crippen LogP contribution >= 0.6 is 0 Å². The molecule has 1 aromatic carbocycles. The van der Waals surface area contributed by atoms with E-state index in [2.05, 4.69) is 18.1 Å². The second-order valence-corrected chi connectivity index (χ2v) is 4.20. The first kappa shape index (κ1) is 13.1. The number of hydrogen-bond acceptors (Lipinski definition) is 3. The van der Waals surface area contributed by atoms with Crippen LogP contribution in [0.3, 0.4) is 0 Å². The van der Waals surface area contributed by atoms with Gasteiger partial charge in [0.2, 0.25) is 0 Å². The van der Waals surface area contributed by atoms with E-state index >= 15 is 0 Å². The molecule has 0 N–H and O–H groups in total. The van der Waals surface area contributed by atoms with Crippen LogP contribution in [-0.4, -0.2) is 28.9 Å². The molecule has 0 saturated heterocycles. The molecule has 0 aliphatic heterocycles. The molecule has 0 atom stereocenters. The maximum atomic E-state index is 12.3. The van der Waals surface area contributed by atoms with Gasteiger partial charge in [0.1, 0.15) is 5.52 Å². The topological polar surface area (TPSA) is 46.3 Å². The number of amides is 1. The quantitative estimate of drug-likeness (QED) is 0.773. The Kier molecular flexibility index (Phi) is 3.80. The third-order valence-electron chi connectivity index (χ3n) is 2.73. The van der Waals surface area contributed by atoms with Crippen molar-refractivity contribution in [3.8, 4) is 0 Å².